The Kier molecular flexibility index (Phi) is 5.52. The Bertz CT molecular complexity index is 436. The van der Waals surface area contributed by atoms with Crippen LogP contribution in [0.2, 0.25) is 0 Å². The molecule has 0 aliphatic carbocycles. The summed E-state index contributed by atoms with van der Waals surface area (Å²) in [6, 6.07) is 10.1. The molecule has 1 aliphatic heterocycles. The second-order valence-electron chi connectivity index (χ2n) is 5.17. The first-order chi connectivity index (χ1) is 9.69. The van der Waals surface area contributed by atoms with E-state index in [2.05, 4.69) is 5.16 Å². The molecule has 0 aromatic heterocycles. The normalized spacial score (nSPS) is 19.8. The number of rotatable bonds is 7. The van der Waals surface area contributed by atoms with Crippen LogP contribution in [0.5, 0.6) is 0 Å². The summed E-state index contributed by atoms with van der Waals surface area (Å²) in [7, 11) is 3.55. The van der Waals surface area contributed by atoms with Gasteiger partial charge in [0.15, 0.2) is 0 Å². The van der Waals surface area contributed by atoms with Gasteiger partial charge in [-0.3, -0.25) is 4.90 Å². The summed E-state index contributed by atoms with van der Waals surface area (Å²) >= 11 is 0. The molecule has 0 radical (unpaired) electrons. The third-order valence-corrected chi connectivity index (χ3v) is 3.24. The van der Waals surface area contributed by atoms with Crippen molar-refractivity contribution in [1.29, 1.82) is 0 Å². The smallest absolute Gasteiger partial charge is 0.145 e. The highest BCUT2D eigenvalue weighted by Crippen LogP contribution is 2.17. The second kappa shape index (κ2) is 7.38. The van der Waals surface area contributed by atoms with E-state index in [0.717, 1.165) is 24.2 Å². The summed E-state index contributed by atoms with van der Waals surface area (Å²) in [5.74, 6) is 0. The van der Waals surface area contributed by atoms with Crippen molar-refractivity contribution in [2.45, 2.75) is 18.6 Å². The van der Waals surface area contributed by atoms with Crippen LogP contribution < -0.4 is 0 Å². The number of aliphatic hydroxyl groups excluding tert-OH is 1. The van der Waals surface area contributed by atoms with Crippen LogP contribution in [0.1, 0.15) is 12.0 Å². The Morgan fingerprint density at radius 1 is 1.45 bits per heavy atom. The minimum Gasteiger partial charge on any atom is -0.390 e. The molecule has 2 rings (SSSR count). The fourth-order valence-electron chi connectivity index (χ4n) is 2.35. The number of oxime groups is 1. The minimum absolute atomic E-state index is 0.0463. The number of nitrogens with zero attached hydrogens (tertiary/aromatic N) is 2. The summed E-state index contributed by atoms with van der Waals surface area (Å²) in [6.45, 7) is 1.65. The molecule has 0 saturated heterocycles. The van der Waals surface area contributed by atoms with E-state index in [4.69, 9.17) is 9.57 Å². The molecular weight excluding hydrogens is 256 g/mol. The molecule has 0 unspecified atom stereocenters. The van der Waals surface area contributed by atoms with Crippen LogP contribution in [0.15, 0.2) is 35.5 Å². The highest BCUT2D eigenvalue weighted by molar-refractivity contribution is 6.01. The van der Waals surface area contributed by atoms with Crippen molar-refractivity contribution >= 4 is 5.71 Å². The van der Waals surface area contributed by atoms with E-state index in [1.54, 1.807) is 7.11 Å². The largest absolute Gasteiger partial charge is 0.390 e. The number of hydrogen-bond acceptors (Lipinski definition) is 5. The third-order valence-electron chi connectivity index (χ3n) is 3.24. The van der Waals surface area contributed by atoms with E-state index >= 15 is 0 Å². The van der Waals surface area contributed by atoms with Crippen LogP contribution in [-0.2, 0) is 9.57 Å². The summed E-state index contributed by atoms with van der Waals surface area (Å²) in [5, 5.41) is 13.8. The molecule has 1 aromatic carbocycles. The molecule has 0 amide bonds. The van der Waals surface area contributed by atoms with Crippen molar-refractivity contribution < 1.29 is 14.7 Å². The molecule has 1 N–H and O–H groups in total. The van der Waals surface area contributed by atoms with Gasteiger partial charge in [0.2, 0.25) is 0 Å². The van der Waals surface area contributed by atoms with Gasteiger partial charge < -0.3 is 14.7 Å². The van der Waals surface area contributed by atoms with Gasteiger partial charge in [0, 0.05) is 26.6 Å². The maximum Gasteiger partial charge on any atom is 0.145 e. The molecule has 5 heteroatoms. The van der Waals surface area contributed by atoms with E-state index in [9.17, 15) is 5.11 Å². The maximum absolute atomic E-state index is 9.69. The van der Waals surface area contributed by atoms with Crippen LogP contribution in [0, 0.1) is 0 Å². The van der Waals surface area contributed by atoms with Crippen molar-refractivity contribution in [3.63, 3.8) is 0 Å². The van der Waals surface area contributed by atoms with Crippen molar-refractivity contribution in [3.05, 3.63) is 35.9 Å². The fraction of sp³-hybridized carbons (Fsp3) is 0.533. The van der Waals surface area contributed by atoms with Gasteiger partial charge in [0.1, 0.15) is 6.10 Å². The summed E-state index contributed by atoms with van der Waals surface area (Å²) in [6.07, 6.45) is 0.375. The lowest BCUT2D eigenvalue weighted by Crippen LogP contribution is -2.36. The Labute approximate surface area is 119 Å². The first-order valence-corrected chi connectivity index (χ1v) is 6.82. The lowest BCUT2D eigenvalue weighted by molar-refractivity contribution is 0.0198. The van der Waals surface area contributed by atoms with E-state index in [0.29, 0.717) is 13.2 Å². The van der Waals surface area contributed by atoms with Gasteiger partial charge in [0.05, 0.1) is 18.4 Å². The Hall–Kier alpha value is -1.43. The van der Waals surface area contributed by atoms with Gasteiger partial charge in [-0.2, -0.15) is 0 Å². The van der Waals surface area contributed by atoms with Crippen LogP contribution >= 0.6 is 0 Å². The molecule has 0 fully saturated rings. The quantitative estimate of drug-likeness (QED) is 0.812. The Morgan fingerprint density at radius 3 is 2.90 bits per heavy atom. The number of benzene rings is 1. The van der Waals surface area contributed by atoms with Crippen LogP contribution in [-0.4, -0.2) is 61.8 Å². The molecule has 0 saturated carbocycles. The molecule has 1 aromatic rings. The zero-order chi connectivity index (χ0) is 14.4. The predicted molar refractivity (Wildman–Crippen MR) is 77.8 cm³/mol. The van der Waals surface area contributed by atoms with Crippen LogP contribution in [0.4, 0.5) is 0 Å². The first-order valence-electron chi connectivity index (χ1n) is 6.82. The highest BCUT2D eigenvalue weighted by atomic mass is 16.6. The topological polar surface area (TPSA) is 54.3 Å². The van der Waals surface area contributed by atoms with Gasteiger partial charge >= 0.3 is 0 Å². The molecule has 1 heterocycles. The summed E-state index contributed by atoms with van der Waals surface area (Å²) in [5.41, 5.74) is 2.10. The van der Waals surface area contributed by atoms with Gasteiger partial charge in [-0.15, -0.1) is 0 Å². The van der Waals surface area contributed by atoms with E-state index in [-0.39, 0.29) is 6.10 Å². The van der Waals surface area contributed by atoms with Gasteiger partial charge in [0.25, 0.3) is 0 Å². The van der Waals surface area contributed by atoms with Crippen LogP contribution in [0.3, 0.4) is 0 Å². The van der Waals surface area contributed by atoms with Gasteiger partial charge in [-0.1, -0.05) is 35.5 Å². The number of likely N-dealkylation sites (N-methyl/N-ethyl adjacent to an activating group) is 1. The third kappa shape index (κ3) is 4.30. The summed E-state index contributed by atoms with van der Waals surface area (Å²) in [4.78, 5) is 7.51. The zero-order valence-electron chi connectivity index (χ0n) is 12.0. The number of aliphatic hydroxyl groups is 1. The standard InChI is InChI=1S/C15H22N2O3/c1-17(9-13(18)11-19-2)10-14-8-15(16-20-14)12-6-4-3-5-7-12/h3-7,13-14,18H,8-11H2,1-2H3/t13-,14-/m1/s1. The molecule has 0 spiro atoms. The second-order valence-corrected chi connectivity index (χ2v) is 5.17. The average molecular weight is 278 g/mol. The van der Waals surface area contributed by atoms with E-state index < -0.39 is 6.10 Å². The van der Waals surface area contributed by atoms with Crippen molar-refractivity contribution in [1.82, 2.24) is 4.90 Å². The Balaban J connectivity index is 1.77. The molecular formula is C15H22N2O3. The minimum atomic E-state index is -0.471. The number of hydrogen-bond donors (Lipinski definition) is 1. The molecule has 110 valence electrons. The van der Waals surface area contributed by atoms with Crippen molar-refractivity contribution in [2.75, 3.05) is 33.9 Å². The molecule has 5 nitrogen and oxygen atoms in total. The molecule has 20 heavy (non-hydrogen) atoms. The van der Waals surface area contributed by atoms with E-state index in [1.807, 2.05) is 42.3 Å². The lowest BCUT2D eigenvalue weighted by Gasteiger charge is -2.22. The average Bonchev–Trinajstić information content (AvgIpc) is 2.88. The predicted octanol–water partition coefficient (Wildman–Crippen LogP) is 1.12. The van der Waals surface area contributed by atoms with Crippen molar-refractivity contribution in [3.8, 4) is 0 Å². The summed E-state index contributed by atoms with van der Waals surface area (Å²) < 4.78 is 4.92. The highest BCUT2D eigenvalue weighted by Gasteiger charge is 2.23. The first kappa shape index (κ1) is 15.0. The van der Waals surface area contributed by atoms with Crippen molar-refractivity contribution in [2.24, 2.45) is 5.16 Å². The van der Waals surface area contributed by atoms with Crippen LogP contribution in [0.25, 0.3) is 0 Å². The van der Waals surface area contributed by atoms with Gasteiger partial charge in [-0.25, -0.2) is 0 Å². The molecule has 1 aliphatic rings. The monoisotopic (exact) mass is 278 g/mol. The number of ether oxygens (including phenoxy) is 1. The maximum atomic E-state index is 9.69. The van der Waals surface area contributed by atoms with E-state index in [1.165, 1.54) is 0 Å². The molecule has 0 bridgehead atoms. The zero-order valence-corrected chi connectivity index (χ0v) is 12.0. The Morgan fingerprint density at radius 2 is 2.20 bits per heavy atom. The molecule has 2 atom stereocenters. The number of methoxy groups -OCH3 is 1. The van der Waals surface area contributed by atoms with Gasteiger partial charge in [-0.05, 0) is 12.6 Å². The fourth-order valence-corrected chi connectivity index (χ4v) is 2.35. The lowest BCUT2D eigenvalue weighted by atomic mass is 10.1. The SMILES string of the molecule is COC[C@H](O)CN(C)C[C@H]1CC(c2ccccc2)=NO1.